The Balaban J connectivity index is 1.90. The first-order valence-corrected chi connectivity index (χ1v) is 6.07. The number of amides is 1. The Morgan fingerprint density at radius 2 is 2.38 bits per heavy atom. The van der Waals surface area contributed by atoms with E-state index in [1.165, 1.54) is 17.9 Å². The van der Waals surface area contributed by atoms with Gasteiger partial charge in [0.2, 0.25) is 5.91 Å². The maximum Gasteiger partial charge on any atom is 0.247 e. The van der Waals surface area contributed by atoms with Crippen molar-refractivity contribution >= 4 is 23.0 Å². The summed E-state index contributed by atoms with van der Waals surface area (Å²) < 4.78 is 0. The number of thiophene rings is 1. The first-order valence-electron chi connectivity index (χ1n) is 5.19. The Labute approximate surface area is 98.4 Å². The topological polar surface area (TPSA) is 37.4 Å². The molecule has 2 heterocycles. The lowest BCUT2D eigenvalue weighted by molar-refractivity contribution is -0.124. The first-order chi connectivity index (χ1) is 7.66. The summed E-state index contributed by atoms with van der Waals surface area (Å²) in [6.45, 7) is 2.66. The minimum Gasteiger partial charge on any atom is -0.334 e. The summed E-state index contributed by atoms with van der Waals surface area (Å²) in [5.74, 6) is -0.0475. The highest BCUT2D eigenvalue weighted by molar-refractivity contribution is 7.09. The van der Waals surface area contributed by atoms with Crippen molar-refractivity contribution in [1.29, 1.82) is 0 Å². The Kier molecular flexibility index (Phi) is 3.19. The zero-order valence-corrected chi connectivity index (χ0v) is 9.92. The van der Waals surface area contributed by atoms with E-state index in [-0.39, 0.29) is 11.7 Å². The standard InChI is InChI=1S/C12H13NO2S/c1-9(14)10-7-12(15)13(8-10)5-4-11-3-2-6-16-11/h2-3,6-7H,4-5,8H2,1H3. The maximum atomic E-state index is 11.5. The predicted molar refractivity (Wildman–Crippen MR) is 63.4 cm³/mol. The monoisotopic (exact) mass is 235 g/mol. The highest BCUT2D eigenvalue weighted by atomic mass is 32.1. The normalized spacial score (nSPS) is 15.4. The van der Waals surface area contributed by atoms with Crippen molar-refractivity contribution in [3.63, 3.8) is 0 Å². The van der Waals surface area contributed by atoms with Gasteiger partial charge in [-0.25, -0.2) is 0 Å². The van der Waals surface area contributed by atoms with E-state index in [0.29, 0.717) is 18.7 Å². The molecule has 3 nitrogen and oxygen atoms in total. The van der Waals surface area contributed by atoms with Crippen LogP contribution in [0.15, 0.2) is 29.2 Å². The number of ketones is 1. The molecule has 1 amide bonds. The average Bonchev–Trinajstić information content (AvgIpc) is 2.84. The van der Waals surface area contributed by atoms with E-state index in [2.05, 4.69) is 6.07 Å². The van der Waals surface area contributed by atoms with E-state index in [4.69, 9.17) is 0 Å². The first kappa shape index (κ1) is 11.1. The van der Waals surface area contributed by atoms with Crippen LogP contribution in [0.3, 0.4) is 0 Å². The number of Topliss-reactive ketones (excluding diaryl/α,β-unsaturated/α-hetero) is 1. The fraction of sp³-hybridized carbons (Fsp3) is 0.333. The van der Waals surface area contributed by atoms with Crippen molar-refractivity contribution in [1.82, 2.24) is 4.90 Å². The summed E-state index contributed by atoms with van der Waals surface area (Å²) in [4.78, 5) is 25.7. The fourth-order valence-corrected chi connectivity index (χ4v) is 2.37. The molecule has 1 aromatic heterocycles. The Hall–Kier alpha value is -1.42. The van der Waals surface area contributed by atoms with Crippen LogP contribution in [-0.2, 0) is 16.0 Å². The molecule has 16 heavy (non-hydrogen) atoms. The number of hydrogen-bond donors (Lipinski definition) is 0. The van der Waals surface area contributed by atoms with Gasteiger partial charge in [0.15, 0.2) is 5.78 Å². The van der Waals surface area contributed by atoms with Gasteiger partial charge in [-0.2, -0.15) is 0 Å². The minimum absolute atomic E-state index is 0.00743. The van der Waals surface area contributed by atoms with Crippen molar-refractivity contribution < 1.29 is 9.59 Å². The molecule has 2 rings (SSSR count). The van der Waals surface area contributed by atoms with E-state index in [1.54, 1.807) is 16.2 Å². The molecule has 0 radical (unpaired) electrons. The van der Waals surface area contributed by atoms with Crippen LogP contribution in [0.25, 0.3) is 0 Å². The molecular formula is C12H13NO2S. The van der Waals surface area contributed by atoms with Crippen molar-refractivity contribution in [3.05, 3.63) is 34.0 Å². The van der Waals surface area contributed by atoms with E-state index in [0.717, 1.165) is 6.42 Å². The number of nitrogens with zero attached hydrogens (tertiary/aromatic N) is 1. The minimum atomic E-state index is -0.0400. The average molecular weight is 235 g/mol. The van der Waals surface area contributed by atoms with Gasteiger partial charge in [-0.1, -0.05) is 6.07 Å². The number of carbonyl (C=O) groups excluding carboxylic acids is 2. The number of carbonyl (C=O) groups is 2. The van der Waals surface area contributed by atoms with Gasteiger partial charge in [0, 0.05) is 29.6 Å². The number of hydrogen-bond acceptors (Lipinski definition) is 3. The molecule has 84 valence electrons. The molecule has 4 heteroatoms. The smallest absolute Gasteiger partial charge is 0.247 e. The quantitative estimate of drug-likeness (QED) is 0.795. The van der Waals surface area contributed by atoms with E-state index < -0.39 is 0 Å². The molecular weight excluding hydrogens is 222 g/mol. The molecule has 0 unspecified atom stereocenters. The Bertz CT molecular complexity index is 434. The molecule has 0 fully saturated rings. The van der Waals surface area contributed by atoms with Crippen LogP contribution in [0.1, 0.15) is 11.8 Å². The zero-order chi connectivity index (χ0) is 11.5. The summed E-state index contributed by atoms with van der Waals surface area (Å²) in [7, 11) is 0. The molecule has 0 aromatic carbocycles. The van der Waals surface area contributed by atoms with Crippen LogP contribution < -0.4 is 0 Å². The van der Waals surface area contributed by atoms with Gasteiger partial charge in [0.05, 0.1) is 0 Å². The lowest BCUT2D eigenvalue weighted by atomic mass is 10.2. The van der Waals surface area contributed by atoms with Crippen molar-refractivity contribution in [3.8, 4) is 0 Å². The molecule has 1 aromatic rings. The van der Waals surface area contributed by atoms with Crippen molar-refractivity contribution in [2.45, 2.75) is 13.3 Å². The number of rotatable bonds is 4. The van der Waals surface area contributed by atoms with Gasteiger partial charge >= 0.3 is 0 Å². The van der Waals surface area contributed by atoms with Crippen molar-refractivity contribution in [2.24, 2.45) is 0 Å². The molecule has 1 aliphatic rings. The third-order valence-corrected chi connectivity index (χ3v) is 3.57. The molecule has 1 aliphatic heterocycles. The summed E-state index contributed by atoms with van der Waals surface area (Å²) in [6, 6.07) is 4.07. The summed E-state index contributed by atoms with van der Waals surface area (Å²) in [6.07, 6.45) is 2.32. The summed E-state index contributed by atoms with van der Waals surface area (Å²) in [5.41, 5.74) is 0.621. The van der Waals surface area contributed by atoms with E-state index >= 15 is 0 Å². The summed E-state index contributed by atoms with van der Waals surface area (Å²) >= 11 is 1.69. The van der Waals surface area contributed by atoms with E-state index in [9.17, 15) is 9.59 Å². The predicted octanol–water partition coefficient (Wildman–Crippen LogP) is 1.65. The molecule has 0 bridgehead atoms. The Morgan fingerprint density at radius 1 is 1.56 bits per heavy atom. The van der Waals surface area contributed by atoms with Gasteiger partial charge in [0.1, 0.15) is 0 Å². The highest BCUT2D eigenvalue weighted by Gasteiger charge is 2.23. The van der Waals surface area contributed by atoms with Crippen molar-refractivity contribution in [2.75, 3.05) is 13.1 Å². The van der Waals surface area contributed by atoms with Gasteiger partial charge in [-0.3, -0.25) is 9.59 Å². The van der Waals surface area contributed by atoms with Crippen LogP contribution in [0.4, 0.5) is 0 Å². The third-order valence-electron chi connectivity index (χ3n) is 2.63. The van der Waals surface area contributed by atoms with Crippen LogP contribution in [0, 0.1) is 0 Å². The molecule has 0 aliphatic carbocycles. The van der Waals surface area contributed by atoms with Gasteiger partial charge in [-0.15, -0.1) is 11.3 Å². The van der Waals surface area contributed by atoms with Gasteiger partial charge in [-0.05, 0) is 24.8 Å². The van der Waals surface area contributed by atoms with E-state index in [1.807, 2.05) is 11.4 Å². The summed E-state index contributed by atoms with van der Waals surface area (Å²) in [5, 5.41) is 2.03. The Morgan fingerprint density at radius 3 is 2.94 bits per heavy atom. The lowest BCUT2D eigenvalue weighted by Crippen LogP contribution is -2.28. The van der Waals surface area contributed by atoms with Gasteiger partial charge in [0.25, 0.3) is 0 Å². The molecule has 0 spiro atoms. The second-order valence-corrected chi connectivity index (χ2v) is 4.85. The lowest BCUT2D eigenvalue weighted by Gasteiger charge is -2.15. The maximum absolute atomic E-state index is 11.5. The fourth-order valence-electron chi connectivity index (χ4n) is 1.67. The largest absolute Gasteiger partial charge is 0.334 e. The zero-order valence-electron chi connectivity index (χ0n) is 9.10. The SMILES string of the molecule is CC(=O)C1=CC(=O)N(CCc2cccs2)C1. The molecule has 0 atom stereocenters. The van der Waals surface area contributed by atoms with Crippen LogP contribution >= 0.6 is 11.3 Å². The molecule has 0 saturated carbocycles. The van der Waals surface area contributed by atoms with Crippen LogP contribution in [-0.4, -0.2) is 29.7 Å². The van der Waals surface area contributed by atoms with Gasteiger partial charge < -0.3 is 4.90 Å². The second kappa shape index (κ2) is 4.61. The van der Waals surface area contributed by atoms with Crippen LogP contribution in [0.5, 0.6) is 0 Å². The highest BCUT2D eigenvalue weighted by Crippen LogP contribution is 2.14. The third kappa shape index (κ3) is 2.39. The molecule has 0 saturated heterocycles. The van der Waals surface area contributed by atoms with Crippen LogP contribution in [0.2, 0.25) is 0 Å². The second-order valence-electron chi connectivity index (χ2n) is 3.81. The molecule has 0 N–H and O–H groups in total.